The highest BCUT2D eigenvalue weighted by atomic mass is 79.9. The van der Waals surface area contributed by atoms with Crippen LogP contribution in [-0.2, 0) is 14.4 Å². The van der Waals surface area contributed by atoms with Crippen molar-refractivity contribution >= 4 is 33.8 Å². The standard InChI is InChI=1S/C6H7BrO6/c7-6(5(12)13,1-3(8)9)2-4(10)11/h1-2H2,(H,8,9)(H,10,11)(H,12,13). The molecule has 0 aromatic heterocycles. The fourth-order valence-corrected chi connectivity index (χ4v) is 1.17. The van der Waals surface area contributed by atoms with Crippen LogP contribution in [0.2, 0.25) is 0 Å². The first-order valence-electron chi connectivity index (χ1n) is 3.14. The molecule has 0 saturated carbocycles. The van der Waals surface area contributed by atoms with Crippen LogP contribution in [0.1, 0.15) is 12.8 Å². The van der Waals surface area contributed by atoms with Gasteiger partial charge in [0.1, 0.15) is 4.32 Å². The molecule has 0 aromatic rings. The van der Waals surface area contributed by atoms with Crippen molar-refractivity contribution in [3.05, 3.63) is 0 Å². The molecule has 0 aliphatic rings. The first kappa shape index (κ1) is 11.9. The van der Waals surface area contributed by atoms with E-state index in [-0.39, 0.29) is 0 Å². The Kier molecular flexibility index (Phi) is 3.86. The summed E-state index contributed by atoms with van der Waals surface area (Å²) in [6.45, 7) is 0. The third-order valence-electron chi connectivity index (χ3n) is 1.25. The molecule has 0 saturated heterocycles. The maximum absolute atomic E-state index is 10.5. The third-order valence-corrected chi connectivity index (χ3v) is 2.15. The molecule has 0 spiro atoms. The van der Waals surface area contributed by atoms with Gasteiger partial charge >= 0.3 is 17.9 Å². The van der Waals surface area contributed by atoms with Crippen LogP contribution in [0, 0.1) is 0 Å². The Morgan fingerprint density at radius 3 is 1.46 bits per heavy atom. The van der Waals surface area contributed by atoms with Crippen LogP contribution in [0.5, 0.6) is 0 Å². The average Bonchev–Trinajstić information content (AvgIpc) is 1.82. The van der Waals surface area contributed by atoms with Crippen molar-refractivity contribution in [3.8, 4) is 0 Å². The fourth-order valence-electron chi connectivity index (χ4n) is 0.693. The number of hydrogen-bond donors (Lipinski definition) is 3. The molecule has 0 radical (unpaired) electrons. The van der Waals surface area contributed by atoms with Gasteiger partial charge in [-0.2, -0.15) is 0 Å². The topological polar surface area (TPSA) is 112 Å². The zero-order valence-corrected chi connectivity index (χ0v) is 7.94. The molecular weight excluding hydrogens is 248 g/mol. The van der Waals surface area contributed by atoms with E-state index in [1.54, 1.807) is 0 Å². The number of rotatable bonds is 5. The van der Waals surface area contributed by atoms with Crippen LogP contribution in [-0.4, -0.2) is 37.6 Å². The first-order chi connectivity index (χ1) is 5.78. The largest absolute Gasteiger partial charge is 0.481 e. The van der Waals surface area contributed by atoms with Crippen LogP contribution < -0.4 is 0 Å². The molecule has 74 valence electrons. The van der Waals surface area contributed by atoms with Gasteiger partial charge in [-0.25, -0.2) is 0 Å². The molecule has 0 atom stereocenters. The summed E-state index contributed by atoms with van der Waals surface area (Å²) in [5.41, 5.74) is 0. The summed E-state index contributed by atoms with van der Waals surface area (Å²) in [6.07, 6.45) is -1.57. The second-order valence-electron chi connectivity index (χ2n) is 2.41. The molecule has 0 fully saturated rings. The lowest BCUT2D eigenvalue weighted by Gasteiger charge is -2.17. The number of alkyl halides is 1. The van der Waals surface area contributed by atoms with Gasteiger partial charge in [0.25, 0.3) is 0 Å². The molecule has 13 heavy (non-hydrogen) atoms. The van der Waals surface area contributed by atoms with Crippen LogP contribution in [0.25, 0.3) is 0 Å². The number of carboxylic acid groups (broad SMARTS) is 3. The number of halogens is 1. The number of aliphatic carboxylic acids is 3. The Hall–Kier alpha value is -1.11. The lowest BCUT2D eigenvalue weighted by atomic mass is 10.0. The molecule has 0 aromatic carbocycles. The van der Waals surface area contributed by atoms with Gasteiger partial charge in [-0.1, -0.05) is 15.9 Å². The molecule has 0 unspecified atom stereocenters. The second-order valence-corrected chi connectivity index (χ2v) is 3.93. The van der Waals surface area contributed by atoms with E-state index in [0.29, 0.717) is 0 Å². The zero-order chi connectivity index (χ0) is 10.6. The maximum atomic E-state index is 10.5. The molecule has 3 N–H and O–H groups in total. The molecule has 0 bridgehead atoms. The van der Waals surface area contributed by atoms with Gasteiger partial charge in [0.05, 0.1) is 12.8 Å². The van der Waals surface area contributed by atoms with Crippen LogP contribution in [0.4, 0.5) is 0 Å². The monoisotopic (exact) mass is 254 g/mol. The first-order valence-corrected chi connectivity index (χ1v) is 3.93. The Morgan fingerprint density at radius 1 is 1.00 bits per heavy atom. The lowest BCUT2D eigenvalue weighted by Crippen LogP contribution is -2.36. The van der Waals surface area contributed by atoms with Gasteiger partial charge in [0.2, 0.25) is 0 Å². The predicted octanol–water partition coefficient (Wildman–Crippen LogP) is 0.154. The number of carboxylic acids is 3. The van der Waals surface area contributed by atoms with E-state index < -0.39 is 35.1 Å². The van der Waals surface area contributed by atoms with Gasteiger partial charge in [-0.3, -0.25) is 14.4 Å². The van der Waals surface area contributed by atoms with E-state index >= 15 is 0 Å². The van der Waals surface area contributed by atoms with E-state index in [4.69, 9.17) is 15.3 Å². The van der Waals surface area contributed by atoms with E-state index in [1.165, 1.54) is 0 Å². The minimum absolute atomic E-state index is 0.783. The fraction of sp³-hybridized carbons (Fsp3) is 0.500. The Balaban J connectivity index is 4.62. The average molecular weight is 255 g/mol. The normalized spacial score (nSPS) is 10.8. The summed E-state index contributed by atoms with van der Waals surface area (Å²) in [5.74, 6) is -4.25. The highest BCUT2D eigenvalue weighted by Gasteiger charge is 2.40. The van der Waals surface area contributed by atoms with E-state index in [1.807, 2.05) is 0 Å². The molecule has 0 rings (SSSR count). The van der Waals surface area contributed by atoms with Crippen LogP contribution >= 0.6 is 15.9 Å². The molecular formula is C6H7BrO6. The Labute approximate surface area is 81.3 Å². The SMILES string of the molecule is O=C(O)CC(Br)(CC(=O)O)C(=O)O. The molecule has 0 amide bonds. The van der Waals surface area contributed by atoms with Crippen molar-refractivity contribution in [2.75, 3.05) is 0 Å². The quantitative estimate of drug-likeness (QED) is 0.603. The maximum Gasteiger partial charge on any atom is 0.321 e. The Bertz CT molecular complexity index is 232. The van der Waals surface area contributed by atoms with E-state index in [0.717, 1.165) is 0 Å². The van der Waals surface area contributed by atoms with Gasteiger partial charge < -0.3 is 15.3 Å². The zero-order valence-electron chi connectivity index (χ0n) is 6.36. The summed E-state index contributed by atoms with van der Waals surface area (Å²) >= 11 is 2.59. The summed E-state index contributed by atoms with van der Waals surface area (Å²) in [6, 6.07) is 0. The minimum Gasteiger partial charge on any atom is -0.481 e. The summed E-state index contributed by atoms with van der Waals surface area (Å²) in [7, 11) is 0. The molecule has 7 heteroatoms. The predicted molar refractivity (Wildman–Crippen MR) is 43.8 cm³/mol. The van der Waals surface area contributed by atoms with Crippen molar-refractivity contribution in [2.45, 2.75) is 17.2 Å². The van der Waals surface area contributed by atoms with Crippen molar-refractivity contribution in [3.63, 3.8) is 0 Å². The van der Waals surface area contributed by atoms with Gasteiger partial charge in [-0.15, -0.1) is 0 Å². The van der Waals surface area contributed by atoms with E-state index in [2.05, 4.69) is 15.9 Å². The highest BCUT2D eigenvalue weighted by Crippen LogP contribution is 2.27. The van der Waals surface area contributed by atoms with Gasteiger partial charge in [-0.05, 0) is 0 Å². The van der Waals surface area contributed by atoms with Crippen LogP contribution in [0.3, 0.4) is 0 Å². The van der Waals surface area contributed by atoms with Crippen molar-refractivity contribution in [2.24, 2.45) is 0 Å². The molecule has 6 nitrogen and oxygen atoms in total. The minimum atomic E-state index is -1.93. The second kappa shape index (κ2) is 4.22. The lowest BCUT2D eigenvalue weighted by molar-refractivity contribution is -0.149. The van der Waals surface area contributed by atoms with E-state index in [9.17, 15) is 14.4 Å². The van der Waals surface area contributed by atoms with Gasteiger partial charge in [0, 0.05) is 0 Å². The number of carbonyl (C=O) groups is 3. The molecule has 0 heterocycles. The van der Waals surface area contributed by atoms with Gasteiger partial charge in [0.15, 0.2) is 0 Å². The third kappa shape index (κ3) is 3.88. The van der Waals surface area contributed by atoms with Crippen molar-refractivity contribution in [1.29, 1.82) is 0 Å². The summed E-state index contributed by atoms with van der Waals surface area (Å²) in [4.78, 5) is 30.9. The molecule has 0 aliphatic carbocycles. The smallest absolute Gasteiger partial charge is 0.321 e. The highest BCUT2D eigenvalue weighted by molar-refractivity contribution is 9.10. The molecule has 0 aliphatic heterocycles. The van der Waals surface area contributed by atoms with Crippen LogP contribution in [0.15, 0.2) is 0 Å². The summed E-state index contributed by atoms with van der Waals surface area (Å²) < 4.78 is -1.93. The Morgan fingerprint density at radius 2 is 1.31 bits per heavy atom. The summed E-state index contributed by atoms with van der Waals surface area (Å²) in [5, 5.41) is 25.2. The van der Waals surface area contributed by atoms with Crippen molar-refractivity contribution in [1.82, 2.24) is 0 Å². The number of hydrogen-bond acceptors (Lipinski definition) is 3. The van der Waals surface area contributed by atoms with Crippen molar-refractivity contribution < 1.29 is 29.7 Å².